The first-order valence-corrected chi connectivity index (χ1v) is 11.6. The summed E-state index contributed by atoms with van der Waals surface area (Å²) in [6, 6.07) is 13.9. The van der Waals surface area contributed by atoms with E-state index in [1.165, 1.54) is 0 Å². The summed E-state index contributed by atoms with van der Waals surface area (Å²) in [5, 5.41) is 20.4. The van der Waals surface area contributed by atoms with Crippen LogP contribution in [0.2, 0.25) is 10.0 Å². The van der Waals surface area contributed by atoms with Crippen molar-refractivity contribution in [3.05, 3.63) is 69.7 Å². The summed E-state index contributed by atoms with van der Waals surface area (Å²) >= 11 is 12.3. The molecule has 0 spiro atoms. The van der Waals surface area contributed by atoms with E-state index >= 15 is 0 Å². The normalized spacial score (nSPS) is 21.8. The highest BCUT2D eigenvalue weighted by atomic mass is 35.5. The number of hydrogen-bond donors (Lipinski definition) is 3. The van der Waals surface area contributed by atoms with E-state index in [2.05, 4.69) is 0 Å². The third-order valence-corrected chi connectivity index (χ3v) is 6.14. The van der Waals surface area contributed by atoms with Crippen LogP contribution in [-0.2, 0) is 14.3 Å². The van der Waals surface area contributed by atoms with Crippen molar-refractivity contribution < 1.29 is 24.5 Å². The predicted octanol–water partition coefficient (Wildman–Crippen LogP) is 3.40. The molecule has 1 heterocycles. The Kier molecular flexibility index (Phi) is 9.11. The number of aliphatic hydroxyl groups excluding tert-OH is 2. The zero-order valence-electron chi connectivity index (χ0n) is 18.1. The fourth-order valence-corrected chi connectivity index (χ4v) is 4.39. The van der Waals surface area contributed by atoms with E-state index < -0.39 is 36.9 Å². The summed E-state index contributed by atoms with van der Waals surface area (Å²) in [5.41, 5.74) is 6.87. The van der Waals surface area contributed by atoms with Crippen LogP contribution in [0.3, 0.4) is 0 Å². The highest BCUT2D eigenvalue weighted by molar-refractivity contribution is 6.30. The van der Waals surface area contributed by atoms with E-state index in [0.29, 0.717) is 29.4 Å². The quantitative estimate of drug-likeness (QED) is 0.438. The van der Waals surface area contributed by atoms with E-state index in [1.807, 2.05) is 24.3 Å². The Bertz CT molecular complexity index is 956. The van der Waals surface area contributed by atoms with Crippen LogP contribution in [0.4, 0.5) is 0 Å². The van der Waals surface area contributed by atoms with Crippen LogP contribution in [0.5, 0.6) is 0 Å². The van der Waals surface area contributed by atoms with Crippen molar-refractivity contribution in [3.8, 4) is 0 Å². The van der Waals surface area contributed by atoms with E-state index in [1.54, 1.807) is 29.2 Å². The Morgan fingerprint density at radius 3 is 2.45 bits per heavy atom. The van der Waals surface area contributed by atoms with Gasteiger partial charge in [-0.2, -0.15) is 0 Å². The molecule has 1 aliphatic rings. The molecular weight excluding hydrogens is 467 g/mol. The van der Waals surface area contributed by atoms with Gasteiger partial charge in [-0.15, -0.1) is 0 Å². The summed E-state index contributed by atoms with van der Waals surface area (Å²) in [6.45, 7) is -0.111. The zero-order chi connectivity index (χ0) is 24.0. The number of aliphatic hydroxyl groups is 2. The lowest BCUT2D eigenvalue weighted by molar-refractivity contribution is -0.178. The number of nitrogens with zero attached hydrogens (tertiary/aromatic N) is 1. The Labute approximate surface area is 203 Å². The minimum Gasteiger partial charge on any atom is -0.394 e. The van der Waals surface area contributed by atoms with Gasteiger partial charge in [0.1, 0.15) is 12.2 Å². The number of carbonyl (C=O) groups excluding carboxylic acids is 2. The van der Waals surface area contributed by atoms with Crippen molar-refractivity contribution in [2.75, 3.05) is 13.2 Å². The first kappa shape index (κ1) is 25.5. The van der Waals surface area contributed by atoms with Crippen molar-refractivity contribution in [2.45, 2.75) is 50.0 Å². The first-order chi connectivity index (χ1) is 15.8. The first-order valence-electron chi connectivity index (χ1n) is 10.8. The fraction of sp³-hybridized carbons (Fsp3) is 0.417. The largest absolute Gasteiger partial charge is 0.394 e. The monoisotopic (exact) mass is 494 g/mol. The molecule has 0 aromatic heterocycles. The van der Waals surface area contributed by atoms with Gasteiger partial charge in [-0.3, -0.25) is 9.59 Å². The molecule has 2 aromatic carbocycles. The lowest BCUT2D eigenvalue weighted by Gasteiger charge is -2.45. The van der Waals surface area contributed by atoms with Gasteiger partial charge in [0.2, 0.25) is 5.91 Å². The fourth-order valence-electron chi connectivity index (χ4n) is 4.06. The van der Waals surface area contributed by atoms with Gasteiger partial charge in [0.05, 0.1) is 18.8 Å². The molecule has 2 amide bonds. The number of nitrogens with two attached hydrogens (primary N) is 1. The van der Waals surface area contributed by atoms with E-state index in [0.717, 1.165) is 11.1 Å². The van der Waals surface area contributed by atoms with Crippen molar-refractivity contribution in [1.29, 1.82) is 0 Å². The van der Waals surface area contributed by atoms with Crippen molar-refractivity contribution in [2.24, 2.45) is 5.73 Å². The zero-order valence-corrected chi connectivity index (χ0v) is 19.6. The Hall–Kier alpha value is -2.16. The number of benzene rings is 2. The second-order valence-corrected chi connectivity index (χ2v) is 9.00. The molecular formula is C24H28Cl2N2O5. The lowest BCUT2D eigenvalue weighted by Crippen LogP contribution is -2.52. The number of unbranched alkanes of at least 4 members (excludes halogenated alkanes) is 1. The maximum atomic E-state index is 13.5. The molecule has 1 saturated heterocycles. The average molecular weight is 495 g/mol. The van der Waals surface area contributed by atoms with E-state index in [4.69, 9.17) is 33.7 Å². The third kappa shape index (κ3) is 6.68. The van der Waals surface area contributed by atoms with Gasteiger partial charge in [0.15, 0.2) is 0 Å². The SMILES string of the molecule is NC(=O)CCCCN1C(=O)[C@H](C[C@H](O)CO)O[C@@H](c2cccc(Cl)c2)[C@H]1c1ccc(Cl)cc1. The molecule has 3 rings (SSSR count). The number of morpholine rings is 1. The molecule has 9 heteroatoms. The van der Waals surface area contributed by atoms with Gasteiger partial charge in [0, 0.05) is 29.4 Å². The molecule has 4 N–H and O–H groups in total. The minimum absolute atomic E-state index is 0.0441. The molecule has 0 radical (unpaired) electrons. The second kappa shape index (κ2) is 11.8. The average Bonchev–Trinajstić information content (AvgIpc) is 2.79. The molecule has 0 bridgehead atoms. The number of carbonyl (C=O) groups is 2. The number of hydrogen-bond acceptors (Lipinski definition) is 5. The van der Waals surface area contributed by atoms with Crippen molar-refractivity contribution in [3.63, 3.8) is 0 Å². The molecule has 0 unspecified atom stereocenters. The number of amides is 2. The Morgan fingerprint density at radius 2 is 1.82 bits per heavy atom. The van der Waals surface area contributed by atoms with Crippen LogP contribution in [0.15, 0.2) is 48.5 Å². The smallest absolute Gasteiger partial charge is 0.252 e. The van der Waals surface area contributed by atoms with Crippen molar-refractivity contribution >= 4 is 35.0 Å². The topological polar surface area (TPSA) is 113 Å². The van der Waals surface area contributed by atoms with E-state index in [-0.39, 0.29) is 18.7 Å². The van der Waals surface area contributed by atoms with Crippen LogP contribution in [0, 0.1) is 0 Å². The molecule has 0 aliphatic carbocycles. The number of halogens is 2. The summed E-state index contributed by atoms with van der Waals surface area (Å²) in [7, 11) is 0. The molecule has 7 nitrogen and oxygen atoms in total. The minimum atomic E-state index is -1.09. The van der Waals surface area contributed by atoms with Crippen LogP contribution < -0.4 is 5.73 Å². The molecule has 33 heavy (non-hydrogen) atoms. The van der Waals surface area contributed by atoms with Gasteiger partial charge in [-0.05, 0) is 48.2 Å². The molecule has 1 aliphatic heterocycles. The maximum Gasteiger partial charge on any atom is 0.252 e. The van der Waals surface area contributed by atoms with Gasteiger partial charge < -0.3 is 25.6 Å². The number of primary amides is 1. The summed E-state index contributed by atoms with van der Waals surface area (Å²) in [5.74, 6) is -0.682. The highest BCUT2D eigenvalue weighted by Crippen LogP contribution is 2.43. The summed E-state index contributed by atoms with van der Waals surface area (Å²) < 4.78 is 6.26. The Morgan fingerprint density at radius 1 is 1.09 bits per heavy atom. The summed E-state index contributed by atoms with van der Waals surface area (Å²) in [6.07, 6.45) is -1.32. The predicted molar refractivity (Wildman–Crippen MR) is 126 cm³/mol. The second-order valence-electron chi connectivity index (χ2n) is 8.12. The standard InChI is InChI=1S/C24H28Cl2N2O5/c25-17-9-7-15(8-10-17)22-23(16-4-3-5-18(26)12-16)33-20(13-19(30)14-29)24(32)28(22)11-2-1-6-21(27)31/h3-5,7-10,12,19-20,22-23,29-30H,1-2,6,11,13-14H2,(H2,27,31)/t19-,20-,22+,23-/m0/s1. The van der Waals surface area contributed by atoms with E-state index in [9.17, 15) is 19.8 Å². The molecule has 2 aromatic rings. The van der Waals surface area contributed by atoms with Crippen LogP contribution in [0.1, 0.15) is 49.0 Å². The van der Waals surface area contributed by atoms with Gasteiger partial charge in [-0.1, -0.05) is 47.5 Å². The van der Waals surface area contributed by atoms with Gasteiger partial charge >= 0.3 is 0 Å². The molecule has 178 valence electrons. The summed E-state index contributed by atoms with van der Waals surface area (Å²) in [4.78, 5) is 26.3. The number of ether oxygens (including phenoxy) is 1. The van der Waals surface area contributed by atoms with Crippen molar-refractivity contribution in [1.82, 2.24) is 4.90 Å². The highest BCUT2D eigenvalue weighted by Gasteiger charge is 2.44. The molecule has 1 fully saturated rings. The third-order valence-electron chi connectivity index (χ3n) is 5.65. The maximum absolute atomic E-state index is 13.5. The Balaban J connectivity index is 2.01. The van der Waals surface area contributed by atoms with Crippen LogP contribution >= 0.6 is 23.2 Å². The van der Waals surface area contributed by atoms with Crippen LogP contribution in [0.25, 0.3) is 0 Å². The van der Waals surface area contributed by atoms with Gasteiger partial charge in [0.25, 0.3) is 5.91 Å². The molecule has 0 saturated carbocycles. The van der Waals surface area contributed by atoms with Crippen LogP contribution in [-0.4, -0.2) is 52.3 Å². The number of rotatable bonds is 10. The molecule has 4 atom stereocenters. The lowest BCUT2D eigenvalue weighted by atomic mass is 9.90. The van der Waals surface area contributed by atoms with Gasteiger partial charge in [-0.25, -0.2) is 0 Å².